The second-order valence-corrected chi connectivity index (χ2v) is 4.65. The van der Waals surface area contributed by atoms with E-state index in [2.05, 4.69) is 29.5 Å². The van der Waals surface area contributed by atoms with E-state index in [0.29, 0.717) is 0 Å². The highest BCUT2D eigenvalue weighted by atomic mass is 16.5. The Hall–Kier alpha value is -1.49. The molecule has 3 N–H and O–H groups in total. The third kappa shape index (κ3) is 2.92. The molecule has 0 fully saturated rings. The minimum absolute atomic E-state index is 0.0298. The lowest BCUT2D eigenvalue weighted by atomic mass is 9.94. The first-order valence-electron chi connectivity index (χ1n) is 6.63. The van der Waals surface area contributed by atoms with E-state index in [9.17, 15) is 0 Å². The summed E-state index contributed by atoms with van der Waals surface area (Å²) in [6.07, 6.45) is 5.76. The number of rotatable bonds is 6. The van der Waals surface area contributed by atoms with Crippen molar-refractivity contribution < 1.29 is 4.74 Å². The predicted octanol–water partition coefficient (Wildman–Crippen LogP) is 2.55. The van der Waals surface area contributed by atoms with Crippen LogP contribution in [0, 0.1) is 0 Å². The lowest BCUT2D eigenvalue weighted by molar-refractivity contribution is 0.0610. The van der Waals surface area contributed by atoms with Crippen molar-refractivity contribution in [3.63, 3.8) is 0 Å². The van der Waals surface area contributed by atoms with Gasteiger partial charge in [0.1, 0.15) is 0 Å². The van der Waals surface area contributed by atoms with Gasteiger partial charge in [-0.1, -0.05) is 31.5 Å². The van der Waals surface area contributed by atoms with Crippen molar-refractivity contribution in [2.24, 2.45) is 5.84 Å². The molecule has 0 amide bonds. The first kappa shape index (κ1) is 13.9. The van der Waals surface area contributed by atoms with Crippen LogP contribution in [0.4, 0.5) is 0 Å². The van der Waals surface area contributed by atoms with Crippen LogP contribution in [0.3, 0.4) is 0 Å². The molecule has 0 saturated carbocycles. The lowest BCUT2D eigenvalue weighted by Crippen LogP contribution is -2.37. The second-order valence-electron chi connectivity index (χ2n) is 4.65. The first-order valence-corrected chi connectivity index (χ1v) is 6.63. The van der Waals surface area contributed by atoms with E-state index < -0.39 is 0 Å². The number of fused-ring (bicyclic) bond motifs is 1. The molecule has 102 valence electrons. The van der Waals surface area contributed by atoms with Crippen LogP contribution < -0.4 is 11.3 Å². The smallest absolute Gasteiger partial charge is 0.0779 e. The fourth-order valence-corrected chi connectivity index (χ4v) is 2.51. The zero-order valence-corrected chi connectivity index (χ0v) is 11.5. The highest BCUT2D eigenvalue weighted by Crippen LogP contribution is 2.28. The summed E-state index contributed by atoms with van der Waals surface area (Å²) in [6, 6.07) is 8.18. The molecule has 1 heterocycles. The number of hydrazine groups is 1. The van der Waals surface area contributed by atoms with E-state index in [-0.39, 0.29) is 12.1 Å². The molecule has 0 aliphatic heterocycles. The van der Waals surface area contributed by atoms with Gasteiger partial charge in [0, 0.05) is 24.9 Å². The van der Waals surface area contributed by atoms with Crippen LogP contribution in [0.5, 0.6) is 0 Å². The van der Waals surface area contributed by atoms with Crippen LogP contribution in [0.2, 0.25) is 0 Å². The maximum Gasteiger partial charge on any atom is 0.0779 e. The summed E-state index contributed by atoms with van der Waals surface area (Å²) < 4.78 is 5.58. The standard InChI is InChI=1S/C15H21N3O/c1-3-5-14(19-2)15(18-16)12-7-4-6-11-8-9-17-10-13(11)12/h4,6-10,14-15,18H,3,5,16H2,1-2H3. The van der Waals surface area contributed by atoms with Gasteiger partial charge in [-0.05, 0) is 23.4 Å². The summed E-state index contributed by atoms with van der Waals surface area (Å²) in [5.41, 5.74) is 4.03. The number of nitrogens with two attached hydrogens (primary N) is 1. The number of hydrogen-bond acceptors (Lipinski definition) is 4. The third-order valence-electron chi connectivity index (χ3n) is 3.48. The van der Waals surface area contributed by atoms with Gasteiger partial charge in [-0.3, -0.25) is 16.3 Å². The van der Waals surface area contributed by atoms with Gasteiger partial charge < -0.3 is 4.74 Å². The van der Waals surface area contributed by atoms with E-state index >= 15 is 0 Å². The molecule has 0 aliphatic rings. The molecule has 0 spiro atoms. The van der Waals surface area contributed by atoms with Crippen molar-refractivity contribution in [1.29, 1.82) is 0 Å². The number of benzene rings is 1. The molecular weight excluding hydrogens is 238 g/mol. The summed E-state index contributed by atoms with van der Waals surface area (Å²) in [5.74, 6) is 5.75. The molecule has 2 atom stereocenters. The molecule has 4 heteroatoms. The summed E-state index contributed by atoms with van der Waals surface area (Å²) in [5, 5.41) is 2.28. The van der Waals surface area contributed by atoms with Crippen LogP contribution in [0.25, 0.3) is 10.8 Å². The van der Waals surface area contributed by atoms with Crippen molar-refractivity contribution >= 4 is 10.8 Å². The average Bonchev–Trinajstić information content (AvgIpc) is 2.47. The average molecular weight is 259 g/mol. The Morgan fingerprint density at radius 1 is 1.37 bits per heavy atom. The Balaban J connectivity index is 2.45. The number of hydrogen-bond donors (Lipinski definition) is 2. The van der Waals surface area contributed by atoms with Crippen LogP contribution in [-0.2, 0) is 4.74 Å². The van der Waals surface area contributed by atoms with Gasteiger partial charge in [-0.15, -0.1) is 0 Å². The molecule has 0 aliphatic carbocycles. The van der Waals surface area contributed by atoms with Gasteiger partial charge in [0.15, 0.2) is 0 Å². The number of ether oxygens (including phenoxy) is 1. The molecule has 4 nitrogen and oxygen atoms in total. The normalized spacial score (nSPS) is 14.5. The number of nitrogens with zero attached hydrogens (tertiary/aromatic N) is 1. The second kappa shape index (κ2) is 6.61. The van der Waals surface area contributed by atoms with Crippen LogP contribution in [0.1, 0.15) is 31.4 Å². The summed E-state index contributed by atoms with van der Waals surface area (Å²) in [6.45, 7) is 2.14. The summed E-state index contributed by atoms with van der Waals surface area (Å²) in [4.78, 5) is 4.21. The maximum atomic E-state index is 5.75. The van der Waals surface area contributed by atoms with E-state index in [4.69, 9.17) is 10.6 Å². The Morgan fingerprint density at radius 3 is 2.89 bits per heavy atom. The molecule has 2 unspecified atom stereocenters. The largest absolute Gasteiger partial charge is 0.379 e. The SMILES string of the molecule is CCCC(OC)C(NN)c1cccc2ccncc12. The van der Waals surface area contributed by atoms with E-state index in [0.717, 1.165) is 23.8 Å². The molecule has 1 aromatic heterocycles. The zero-order valence-electron chi connectivity index (χ0n) is 11.5. The fourth-order valence-electron chi connectivity index (χ4n) is 2.51. The van der Waals surface area contributed by atoms with Gasteiger partial charge in [0.2, 0.25) is 0 Å². The molecule has 0 bridgehead atoms. The van der Waals surface area contributed by atoms with Gasteiger partial charge in [-0.25, -0.2) is 0 Å². The number of nitrogens with one attached hydrogen (secondary N) is 1. The van der Waals surface area contributed by atoms with E-state index in [1.54, 1.807) is 13.3 Å². The lowest BCUT2D eigenvalue weighted by Gasteiger charge is -2.26. The third-order valence-corrected chi connectivity index (χ3v) is 3.48. The van der Waals surface area contributed by atoms with Gasteiger partial charge in [0.05, 0.1) is 12.1 Å². The molecule has 1 aromatic carbocycles. The van der Waals surface area contributed by atoms with Crippen molar-refractivity contribution in [2.45, 2.75) is 31.9 Å². The Bertz CT molecular complexity index is 524. The molecule has 0 saturated heterocycles. The van der Waals surface area contributed by atoms with Gasteiger partial charge in [0.25, 0.3) is 0 Å². The van der Waals surface area contributed by atoms with Crippen LogP contribution >= 0.6 is 0 Å². The summed E-state index contributed by atoms with van der Waals surface area (Å²) in [7, 11) is 1.73. The zero-order chi connectivity index (χ0) is 13.7. The minimum atomic E-state index is -0.0298. The number of aromatic nitrogens is 1. The van der Waals surface area contributed by atoms with Gasteiger partial charge >= 0.3 is 0 Å². The van der Waals surface area contributed by atoms with Crippen LogP contribution in [-0.4, -0.2) is 18.2 Å². The molecule has 19 heavy (non-hydrogen) atoms. The van der Waals surface area contributed by atoms with E-state index in [1.165, 1.54) is 5.39 Å². The Labute approximate surface area is 113 Å². The Kier molecular flexibility index (Phi) is 4.85. The highest BCUT2D eigenvalue weighted by Gasteiger charge is 2.22. The highest BCUT2D eigenvalue weighted by molar-refractivity contribution is 5.85. The van der Waals surface area contributed by atoms with E-state index in [1.807, 2.05) is 18.3 Å². The topological polar surface area (TPSA) is 60.2 Å². The molecule has 2 rings (SSSR count). The van der Waals surface area contributed by atoms with Crippen molar-refractivity contribution in [3.05, 3.63) is 42.2 Å². The monoisotopic (exact) mass is 259 g/mol. The first-order chi connectivity index (χ1) is 9.31. The van der Waals surface area contributed by atoms with Crippen molar-refractivity contribution in [1.82, 2.24) is 10.4 Å². The Morgan fingerprint density at radius 2 is 2.21 bits per heavy atom. The fraction of sp³-hybridized carbons (Fsp3) is 0.400. The van der Waals surface area contributed by atoms with Crippen molar-refractivity contribution in [3.8, 4) is 0 Å². The number of pyridine rings is 1. The summed E-state index contributed by atoms with van der Waals surface area (Å²) >= 11 is 0. The predicted molar refractivity (Wildman–Crippen MR) is 77.5 cm³/mol. The maximum absolute atomic E-state index is 5.75. The molecule has 2 aromatic rings. The minimum Gasteiger partial charge on any atom is -0.379 e. The number of methoxy groups -OCH3 is 1. The van der Waals surface area contributed by atoms with Gasteiger partial charge in [-0.2, -0.15) is 0 Å². The van der Waals surface area contributed by atoms with Crippen LogP contribution in [0.15, 0.2) is 36.7 Å². The van der Waals surface area contributed by atoms with Crippen molar-refractivity contribution in [2.75, 3.05) is 7.11 Å². The quantitative estimate of drug-likeness (QED) is 0.618. The molecule has 0 radical (unpaired) electrons. The molecular formula is C15H21N3O.